The minimum Gasteiger partial charge on any atom is -0.347 e. The Morgan fingerprint density at radius 3 is 3.00 bits per heavy atom. The van der Waals surface area contributed by atoms with Crippen LogP contribution < -0.4 is 11.1 Å². The zero-order chi connectivity index (χ0) is 13.8. The van der Waals surface area contributed by atoms with E-state index < -0.39 is 6.04 Å². The molecule has 102 valence electrons. The van der Waals surface area contributed by atoms with E-state index in [1.54, 1.807) is 0 Å². The van der Waals surface area contributed by atoms with Crippen molar-refractivity contribution in [2.75, 3.05) is 0 Å². The van der Waals surface area contributed by atoms with Crippen LogP contribution in [0.15, 0.2) is 24.4 Å². The molecule has 0 aliphatic heterocycles. The number of hydrogen-bond donors (Lipinski definition) is 2. The number of pyridine rings is 1. The van der Waals surface area contributed by atoms with Gasteiger partial charge in [-0.15, -0.1) is 10.2 Å². The van der Waals surface area contributed by atoms with Gasteiger partial charge in [0.05, 0.1) is 12.6 Å². The van der Waals surface area contributed by atoms with E-state index in [1.165, 1.54) is 0 Å². The van der Waals surface area contributed by atoms with Crippen LogP contribution in [0.25, 0.3) is 5.65 Å². The molecule has 0 saturated carbocycles. The maximum atomic E-state index is 11.9. The molecule has 19 heavy (non-hydrogen) atoms. The summed E-state index contributed by atoms with van der Waals surface area (Å²) in [6.07, 6.45) is 2.74. The molecule has 0 aliphatic rings. The molecule has 0 aromatic carbocycles. The molecule has 1 amide bonds. The maximum absolute atomic E-state index is 11.9. The van der Waals surface area contributed by atoms with E-state index >= 15 is 0 Å². The summed E-state index contributed by atoms with van der Waals surface area (Å²) in [4.78, 5) is 11.9. The topological polar surface area (TPSA) is 85.3 Å². The minimum absolute atomic E-state index is 0.151. The van der Waals surface area contributed by atoms with E-state index in [0.29, 0.717) is 12.4 Å². The first-order valence-electron chi connectivity index (χ1n) is 6.45. The zero-order valence-corrected chi connectivity index (χ0v) is 11.2. The van der Waals surface area contributed by atoms with Gasteiger partial charge in [0.15, 0.2) is 11.5 Å². The van der Waals surface area contributed by atoms with Gasteiger partial charge in [-0.25, -0.2) is 0 Å². The lowest BCUT2D eigenvalue weighted by Gasteiger charge is -2.17. The summed E-state index contributed by atoms with van der Waals surface area (Å²) in [5.41, 5.74) is 6.63. The Morgan fingerprint density at radius 1 is 1.47 bits per heavy atom. The third-order valence-corrected chi connectivity index (χ3v) is 3.36. The van der Waals surface area contributed by atoms with Crippen molar-refractivity contribution < 1.29 is 4.79 Å². The average molecular weight is 261 g/mol. The first-order valence-corrected chi connectivity index (χ1v) is 6.45. The Labute approximate surface area is 112 Å². The highest BCUT2D eigenvalue weighted by atomic mass is 16.2. The molecule has 2 rings (SSSR count). The summed E-state index contributed by atoms with van der Waals surface area (Å²) in [6, 6.07) is 5.17. The lowest BCUT2D eigenvalue weighted by atomic mass is 9.99. The maximum Gasteiger partial charge on any atom is 0.237 e. The quantitative estimate of drug-likeness (QED) is 0.830. The Morgan fingerprint density at radius 2 is 2.26 bits per heavy atom. The van der Waals surface area contributed by atoms with Gasteiger partial charge in [-0.05, 0) is 18.1 Å². The highest BCUT2D eigenvalue weighted by Gasteiger charge is 2.19. The van der Waals surface area contributed by atoms with Crippen LogP contribution in [0.2, 0.25) is 0 Å². The van der Waals surface area contributed by atoms with Crippen molar-refractivity contribution >= 4 is 11.6 Å². The summed E-state index contributed by atoms with van der Waals surface area (Å²) in [7, 11) is 0. The number of amides is 1. The summed E-state index contributed by atoms with van der Waals surface area (Å²) in [5.74, 6) is 0.706. The predicted octanol–water partition coefficient (Wildman–Crippen LogP) is 0.719. The van der Waals surface area contributed by atoms with Crippen LogP contribution in [0.5, 0.6) is 0 Å². The molecule has 2 atom stereocenters. The van der Waals surface area contributed by atoms with Gasteiger partial charge in [0.1, 0.15) is 0 Å². The Kier molecular flexibility index (Phi) is 4.11. The molecule has 2 aromatic heterocycles. The predicted molar refractivity (Wildman–Crippen MR) is 72.3 cm³/mol. The minimum atomic E-state index is -0.482. The second-order valence-electron chi connectivity index (χ2n) is 4.67. The molecule has 6 heteroatoms. The molecular formula is C13H19N5O. The first kappa shape index (κ1) is 13.5. The van der Waals surface area contributed by atoms with E-state index in [0.717, 1.165) is 12.1 Å². The van der Waals surface area contributed by atoms with Crippen molar-refractivity contribution in [3.63, 3.8) is 0 Å². The van der Waals surface area contributed by atoms with Gasteiger partial charge in [-0.1, -0.05) is 26.3 Å². The molecule has 0 fully saturated rings. The van der Waals surface area contributed by atoms with E-state index in [4.69, 9.17) is 5.73 Å². The van der Waals surface area contributed by atoms with E-state index in [1.807, 2.05) is 42.6 Å². The third kappa shape index (κ3) is 2.90. The van der Waals surface area contributed by atoms with Crippen molar-refractivity contribution in [1.29, 1.82) is 0 Å². The third-order valence-electron chi connectivity index (χ3n) is 3.36. The number of aromatic nitrogens is 3. The van der Waals surface area contributed by atoms with Gasteiger partial charge in [0, 0.05) is 6.20 Å². The molecule has 2 heterocycles. The number of fused-ring (bicyclic) bond motifs is 1. The van der Waals surface area contributed by atoms with E-state index in [-0.39, 0.29) is 11.8 Å². The van der Waals surface area contributed by atoms with Gasteiger partial charge in [-0.2, -0.15) is 0 Å². The van der Waals surface area contributed by atoms with E-state index in [9.17, 15) is 4.79 Å². The van der Waals surface area contributed by atoms with Crippen LogP contribution in [-0.2, 0) is 11.3 Å². The van der Waals surface area contributed by atoms with Gasteiger partial charge < -0.3 is 11.1 Å². The average Bonchev–Trinajstić information content (AvgIpc) is 2.86. The summed E-state index contributed by atoms with van der Waals surface area (Å²) < 4.78 is 1.84. The smallest absolute Gasteiger partial charge is 0.237 e. The monoisotopic (exact) mass is 261 g/mol. The fourth-order valence-corrected chi connectivity index (χ4v) is 1.81. The van der Waals surface area contributed by atoms with Crippen molar-refractivity contribution in [2.45, 2.75) is 32.9 Å². The van der Waals surface area contributed by atoms with Crippen LogP contribution in [0.3, 0.4) is 0 Å². The van der Waals surface area contributed by atoms with Crippen LogP contribution in [0.4, 0.5) is 0 Å². The number of nitrogens with two attached hydrogens (primary N) is 1. The lowest BCUT2D eigenvalue weighted by Crippen LogP contribution is -2.44. The van der Waals surface area contributed by atoms with Crippen molar-refractivity contribution in [3.05, 3.63) is 30.2 Å². The number of hydrogen-bond acceptors (Lipinski definition) is 4. The fraction of sp³-hybridized carbons (Fsp3) is 0.462. The van der Waals surface area contributed by atoms with Gasteiger partial charge in [0.2, 0.25) is 5.91 Å². The van der Waals surface area contributed by atoms with Crippen LogP contribution in [0.1, 0.15) is 26.1 Å². The highest BCUT2D eigenvalue weighted by molar-refractivity contribution is 5.81. The number of rotatable bonds is 5. The Balaban J connectivity index is 2.01. The van der Waals surface area contributed by atoms with Crippen LogP contribution in [-0.4, -0.2) is 26.5 Å². The van der Waals surface area contributed by atoms with Crippen LogP contribution >= 0.6 is 0 Å². The number of carbonyl (C=O) groups excluding carboxylic acids is 1. The molecule has 3 N–H and O–H groups in total. The van der Waals surface area contributed by atoms with E-state index in [2.05, 4.69) is 15.5 Å². The van der Waals surface area contributed by atoms with Crippen LogP contribution in [0, 0.1) is 5.92 Å². The van der Waals surface area contributed by atoms with Gasteiger partial charge in [-0.3, -0.25) is 9.20 Å². The second kappa shape index (κ2) is 5.79. The molecule has 0 radical (unpaired) electrons. The molecule has 0 saturated heterocycles. The standard InChI is InChI=1S/C13H19N5O/c1-3-9(2)12(14)13(19)15-8-11-17-16-10-6-4-5-7-18(10)11/h4-7,9,12H,3,8,14H2,1-2H3,(H,15,19). The number of nitrogens with zero attached hydrogens (tertiary/aromatic N) is 3. The molecular weight excluding hydrogens is 242 g/mol. The second-order valence-corrected chi connectivity index (χ2v) is 4.67. The number of nitrogens with one attached hydrogen (secondary N) is 1. The molecule has 0 aliphatic carbocycles. The fourth-order valence-electron chi connectivity index (χ4n) is 1.81. The summed E-state index contributed by atoms with van der Waals surface area (Å²) in [6.45, 7) is 4.31. The zero-order valence-electron chi connectivity index (χ0n) is 11.2. The summed E-state index contributed by atoms with van der Waals surface area (Å²) in [5, 5.41) is 10.9. The van der Waals surface area contributed by atoms with Crippen molar-refractivity contribution in [3.8, 4) is 0 Å². The molecule has 6 nitrogen and oxygen atoms in total. The van der Waals surface area contributed by atoms with Gasteiger partial charge >= 0.3 is 0 Å². The first-order chi connectivity index (χ1) is 9.13. The van der Waals surface area contributed by atoms with Gasteiger partial charge in [0.25, 0.3) is 0 Å². The largest absolute Gasteiger partial charge is 0.347 e. The van der Waals surface area contributed by atoms with Crippen molar-refractivity contribution in [2.24, 2.45) is 11.7 Å². The Bertz CT molecular complexity index is 565. The SMILES string of the molecule is CCC(C)C(N)C(=O)NCc1nnc2ccccn12. The molecule has 2 aromatic rings. The lowest BCUT2D eigenvalue weighted by molar-refractivity contribution is -0.123. The molecule has 2 unspecified atom stereocenters. The Hall–Kier alpha value is -1.95. The highest BCUT2D eigenvalue weighted by Crippen LogP contribution is 2.06. The summed E-state index contributed by atoms with van der Waals surface area (Å²) >= 11 is 0. The normalized spacial score (nSPS) is 14.3. The molecule has 0 spiro atoms. The number of carbonyl (C=O) groups is 1. The molecule has 0 bridgehead atoms. The van der Waals surface area contributed by atoms with Crippen molar-refractivity contribution in [1.82, 2.24) is 19.9 Å².